The van der Waals surface area contributed by atoms with Gasteiger partial charge in [-0.15, -0.1) is 0 Å². The number of sulfonamides is 1. The predicted molar refractivity (Wildman–Crippen MR) is 81.0 cm³/mol. The predicted octanol–water partition coefficient (Wildman–Crippen LogP) is 0.678. The number of fused-ring (bicyclic) bond motifs is 1. The van der Waals surface area contributed by atoms with Gasteiger partial charge in [-0.3, -0.25) is 4.79 Å². The van der Waals surface area contributed by atoms with Crippen LogP contribution in [-0.4, -0.2) is 60.9 Å². The lowest BCUT2D eigenvalue weighted by Crippen LogP contribution is -2.38. The molecule has 0 atom stereocenters. The van der Waals surface area contributed by atoms with Gasteiger partial charge in [0.1, 0.15) is 4.90 Å². The number of benzene rings is 1. The minimum absolute atomic E-state index is 0.112. The van der Waals surface area contributed by atoms with Gasteiger partial charge in [0.15, 0.2) is 0 Å². The Bertz CT molecular complexity index is 666. The highest BCUT2D eigenvalue weighted by Crippen LogP contribution is 2.29. The van der Waals surface area contributed by atoms with Crippen LogP contribution in [0.5, 0.6) is 0 Å². The Morgan fingerprint density at radius 3 is 2.50 bits per heavy atom. The zero-order valence-corrected chi connectivity index (χ0v) is 13.1. The first-order chi connectivity index (χ1) is 10.5. The lowest BCUT2D eigenvalue weighted by Gasteiger charge is -2.29. The largest absolute Gasteiger partial charge is 0.393 e. The summed E-state index contributed by atoms with van der Waals surface area (Å²) < 4.78 is 25.7. The van der Waals surface area contributed by atoms with Gasteiger partial charge in [-0.1, -0.05) is 12.1 Å². The molecule has 7 heteroatoms. The number of aliphatic hydroxyl groups excluding tert-OH is 1. The second-order valence-electron chi connectivity index (χ2n) is 5.80. The third-order valence-corrected chi connectivity index (χ3v) is 6.15. The van der Waals surface area contributed by atoms with E-state index in [1.807, 2.05) is 0 Å². The molecule has 2 aliphatic rings. The highest BCUT2D eigenvalue weighted by Gasteiger charge is 2.40. The molecule has 1 fully saturated rings. The normalized spacial score (nSPS) is 22.0. The van der Waals surface area contributed by atoms with Gasteiger partial charge in [-0.2, -0.15) is 0 Å². The Morgan fingerprint density at radius 2 is 1.82 bits per heavy atom. The first-order valence-electron chi connectivity index (χ1n) is 7.56. The molecule has 0 bridgehead atoms. The first kappa shape index (κ1) is 15.5. The van der Waals surface area contributed by atoms with Crippen LogP contribution in [0.25, 0.3) is 0 Å². The third kappa shape index (κ3) is 2.76. The van der Waals surface area contributed by atoms with Gasteiger partial charge in [-0.25, -0.2) is 12.7 Å². The molecule has 3 rings (SSSR count). The topological polar surface area (TPSA) is 77.9 Å². The van der Waals surface area contributed by atoms with E-state index >= 15 is 0 Å². The summed E-state index contributed by atoms with van der Waals surface area (Å²) in [4.78, 5) is 14.6. The van der Waals surface area contributed by atoms with Gasteiger partial charge >= 0.3 is 0 Å². The quantitative estimate of drug-likeness (QED) is 0.881. The van der Waals surface area contributed by atoms with E-state index in [1.165, 1.54) is 6.07 Å². The maximum absolute atomic E-state index is 12.4. The van der Waals surface area contributed by atoms with E-state index < -0.39 is 15.9 Å². The third-order valence-electron chi connectivity index (χ3n) is 4.30. The molecular formula is C15H20N2O4S. The van der Waals surface area contributed by atoms with Crippen molar-refractivity contribution in [2.24, 2.45) is 0 Å². The van der Waals surface area contributed by atoms with Crippen molar-refractivity contribution in [1.82, 2.24) is 9.21 Å². The second kappa shape index (κ2) is 5.98. The second-order valence-corrected chi connectivity index (χ2v) is 7.64. The van der Waals surface area contributed by atoms with Gasteiger partial charge in [0.05, 0.1) is 11.7 Å². The molecule has 1 saturated heterocycles. The Labute approximate surface area is 130 Å². The average Bonchev–Trinajstić information content (AvgIpc) is 2.70. The fourth-order valence-electron chi connectivity index (χ4n) is 3.03. The zero-order valence-electron chi connectivity index (χ0n) is 12.3. The van der Waals surface area contributed by atoms with Crippen LogP contribution in [0.1, 0.15) is 29.6 Å². The van der Waals surface area contributed by atoms with Crippen molar-refractivity contribution in [2.45, 2.75) is 30.3 Å². The van der Waals surface area contributed by atoms with Gasteiger partial charge in [0, 0.05) is 19.6 Å². The molecule has 2 heterocycles. The summed E-state index contributed by atoms with van der Waals surface area (Å²) in [6.07, 6.45) is 1.90. The monoisotopic (exact) mass is 324 g/mol. The number of carbonyl (C=O) groups excluding carboxylic acids is 1. The number of hydrogen-bond acceptors (Lipinski definition) is 5. The smallest absolute Gasteiger partial charge is 0.269 e. The number of rotatable bonds is 4. The average molecular weight is 324 g/mol. The molecule has 6 nitrogen and oxygen atoms in total. The molecule has 1 amide bonds. The van der Waals surface area contributed by atoms with E-state index in [0.29, 0.717) is 6.42 Å². The Morgan fingerprint density at radius 1 is 1.14 bits per heavy atom. The van der Waals surface area contributed by atoms with Crippen LogP contribution < -0.4 is 0 Å². The fraction of sp³-hybridized carbons (Fsp3) is 0.533. The van der Waals surface area contributed by atoms with Gasteiger partial charge in [0.25, 0.3) is 15.9 Å². The number of likely N-dealkylation sites (tertiary alicyclic amines) is 1. The summed E-state index contributed by atoms with van der Waals surface area (Å²) in [5.74, 6) is -0.426. The molecule has 120 valence electrons. The Hall–Kier alpha value is -1.44. The Balaban J connectivity index is 1.61. The Kier molecular flexibility index (Phi) is 4.20. The van der Waals surface area contributed by atoms with Gasteiger partial charge < -0.3 is 10.0 Å². The molecule has 0 unspecified atom stereocenters. The summed E-state index contributed by atoms with van der Waals surface area (Å²) in [7, 11) is -3.68. The standard InChI is InChI=1S/C15H20N2O4S/c18-12-6-10-16(11-7-12)8-3-9-17-15(19)13-4-1-2-5-14(13)22(17,20)21/h1-2,4-5,12,18H,3,6-11H2. The minimum Gasteiger partial charge on any atom is -0.393 e. The van der Waals surface area contributed by atoms with Crippen LogP contribution in [0.3, 0.4) is 0 Å². The summed E-state index contributed by atoms with van der Waals surface area (Å²) in [6.45, 7) is 2.58. The lowest BCUT2D eigenvalue weighted by molar-refractivity contribution is 0.0791. The van der Waals surface area contributed by atoms with Crippen molar-refractivity contribution in [3.05, 3.63) is 29.8 Å². The molecule has 0 aromatic heterocycles. The minimum atomic E-state index is -3.68. The molecule has 1 N–H and O–H groups in total. The van der Waals surface area contributed by atoms with Crippen LogP contribution >= 0.6 is 0 Å². The zero-order chi connectivity index (χ0) is 15.7. The number of hydrogen-bond donors (Lipinski definition) is 1. The van der Waals surface area contributed by atoms with E-state index in [4.69, 9.17) is 0 Å². The number of amides is 1. The summed E-state index contributed by atoms with van der Waals surface area (Å²) in [6, 6.07) is 6.34. The van der Waals surface area contributed by atoms with Crippen LogP contribution in [0.15, 0.2) is 29.2 Å². The summed E-state index contributed by atoms with van der Waals surface area (Å²) >= 11 is 0. The maximum Gasteiger partial charge on any atom is 0.269 e. The van der Waals surface area contributed by atoms with Crippen molar-refractivity contribution < 1.29 is 18.3 Å². The molecule has 0 saturated carbocycles. The molecule has 2 aliphatic heterocycles. The van der Waals surface area contributed by atoms with Gasteiger partial charge in [0.2, 0.25) is 0 Å². The van der Waals surface area contributed by atoms with Crippen LogP contribution in [0.4, 0.5) is 0 Å². The van der Waals surface area contributed by atoms with E-state index in [9.17, 15) is 18.3 Å². The van der Waals surface area contributed by atoms with Crippen molar-refractivity contribution in [1.29, 1.82) is 0 Å². The molecule has 0 spiro atoms. The van der Waals surface area contributed by atoms with E-state index in [0.717, 1.165) is 36.8 Å². The highest BCUT2D eigenvalue weighted by atomic mass is 32.2. The molecular weight excluding hydrogens is 304 g/mol. The first-order valence-corrected chi connectivity index (χ1v) is 9.00. The van der Waals surface area contributed by atoms with E-state index in [1.54, 1.807) is 18.2 Å². The van der Waals surface area contributed by atoms with Crippen molar-refractivity contribution in [3.8, 4) is 0 Å². The van der Waals surface area contributed by atoms with Crippen LogP contribution in [0, 0.1) is 0 Å². The number of carbonyl (C=O) groups is 1. The molecule has 1 aromatic rings. The molecule has 22 heavy (non-hydrogen) atoms. The number of aliphatic hydroxyl groups is 1. The van der Waals surface area contributed by atoms with E-state index in [-0.39, 0.29) is 23.1 Å². The molecule has 0 radical (unpaired) electrons. The SMILES string of the molecule is O=C1c2ccccc2S(=O)(=O)N1CCCN1CCC(O)CC1. The van der Waals surface area contributed by atoms with Crippen LogP contribution in [0.2, 0.25) is 0 Å². The fourth-order valence-corrected chi connectivity index (χ4v) is 4.64. The van der Waals surface area contributed by atoms with Crippen molar-refractivity contribution in [3.63, 3.8) is 0 Å². The maximum atomic E-state index is 12.4. The number of piperidine rings is 1. The summed E-state index contributed by atoms with van der Waals surface area (Å²) in [5, 5.41) is 9.47. The lowest BCUT2D eigenvalue weighted by atomic mass is 10.1. The van der Waals surface area contributed by atoms with Crippen LogP contribution in [-0.2, 0) is 10.0 Å². The van der Waals surface area contributed by atoms with E-state index in [2.05, 4.69) is 4.90 Å². The molecule has 0 aliphatic carbocycles. The van der Waals surface area contributed by atoms with Crippen molar-refractivity contribution in [2.75, 3.05) is 26.2 Å². The highest BCUT2D eigenvalue weighted by molar-refractivity contribution is 7.90. The summed E-state index contributed by atoms with van der Waals surface area (Å²) in [5.41, 5.74) is 0.267. The van der Waals surface area contributed by atoms with Gasteiger partial charge in [-0.05, 0) is 37.9 Å². The number of nitrogens with zero attached hydrogens (tertiary/aromatic N) is 2. The van der Waals surface area contributed by atoms with Crippen molar-refractivity contribution >= 4 is 15.9 Å². The molecule has 1 aromatic carbocycles.